The van der Waals surface area contributed by atoms with E-state index in [4.69, 9.17) is 28.5 Å². The lowest BCUT2D eigenvalue weighted by molar-refractivity contribution is 0.623. The smallest absolute Gasteiger partial charge is 0.145 e. The third-order valence-corrected chi connectivity index (χ3v) is 2.36. The molecule has 0 atom stereocenters. The predicted octanol–water partition coefficient (Wildman–Crippen LogP) is 2.41. The van der Waals surface area contributed by atoms with Crippen LogP contribution >= 0.6 is 23.2 Å². The molecule has 0 aliphatic heterocycles. The van der Waals surface area contributed by atoms with Gasteiger partial charge in [0.1, 0.15) is 10.2 Å². The van der Waals surface area contributed by atoms with Gasteiger partial charge in [-0.1, -0.05) is 23.2 Å². The molecule has 0 bridgehead atoms. The number of hydrogen-bond acceptors (Lipinski definition) is 2. The maximum absolute atomic E-state index is 8.33. The first kappa shape index (κ1) is 9.37. The van der Waals surface area contributed by atoms with Crippen molar-refractivity contribution in [3.05, 3.63) is 15.9 Å². The Morgan fingerprint density at radius 2 is 2.25 bits per heavy atom. The summed E-state index contributed by atoms with van der Waals surface area (Å²) in [4.78, 5) is 0. The van der Waals surface area contributed by atoms with E-state index < -0.39 is 0 Å². The highest BCUT2D eigenvalue weighted by atomic mass is 35.5. The van der Waals surface area contributed by atoms with Crippen LogP contribution in [0, 0.1) is 18.3 Å². The van der Waals surface area contributed by atoms with Gasteiger partial charge in [-0.15, -0.1) is 0 Å². The van der Waals surface area contributed by atoms with Crippen molar-refractivity contribution in [1.82, 2.24) is 9.78 Å². The quantitative estimate of drug-likeness (QED) is 0.742. The molecule has 3 nitrogen and oxygen atoms in total. The number of nitriles is 1. The molecule has 0 radical (unpaired) electrons. The van der Waals surface area contributed by atoms with Gasteiger partial charge in [-0.3, -0.25) is 4.68 Å². The van der Waals surface area contributed by atoms with Crippen molar-refractivity contribution in [1.29, 1.82) is 5.26 Å². The van der Waals surface area contributed by atoms with Gasteiger partial charge >= 0.3 is 0 Å². The Labute approximate surface area is 80.5 Å². The molecule has 0 unspecified atom stereocenters. The first-order valence-corrected chi connectivity index (χ1v) is 4.17. The van der Waals surface area contributed by atoms with Crippen LogP contribution in [0.25, 0.3) is 0 Å². The zero-order valence-electron chi connectivity index (χ0n) is 6.51. The summed E-state index contributed by atoms with van der Waals surface area (Å²) >= 11 is 11.6. The lowest BCUT2D eigenvalue weighted by Crippen LogP contribution is -1.99. The Morgan fingerprint density at radius 1 is 1.58 bits per heavy atom. The molecule has 0 saturated heterocycles. The number of aromatic nitrogens is 2. The van der Waals surface area contributed by atoms with Gasteiger partial charge in [0.2, 0.25) is 0 Å². The van der Waals surface area contributed by atoms with Crippen molar-refractivity contribution in [3.63, 3.8) is 0 Å². The minimum absolute atomic E-state index is 0.386. The fourth-order valence-electron chi connectivity index (χ4n) is 0.836. The van der Waals surface area contributed by atoms with E-state index in [1.165, 1.54) is 4.68 Å². The second kappa shape index (κ2) is 3.79. The Balaban J connectivity index is 2.87. The largest absolute Gasteiger partial charge is 0.251 e. The van der Waals surface area contributed by atoms with E-state index in [-0.39, 0.29) is 0 Å². The van der Waals surface area contributed by atoms with Gasteiger partial charge in [0, 0.05) is 0 Å². The van der Waals surface area contributed by atoms with Crippen LogP contribution in [0.15, 0.2) is 0 Å². The maximum Gasteiger partial charge on any atom is 0.145 e. The highest BCUT2D eigenvalue weighted by Crippen LogP contribution is 2.24. The number of hydrogen-bond donors (Lipinski definition) is 0. The molecule has 1 aromatic heterocycles. The third-order valence-electron chi connectivity index (χ3n) is 1.43. The average molecular weight is 204 g/mol. The van der Waals surface area contributed by atoms with E-state index in [0.29, 0.717) is 28.8 Å². The number of nitrogens with zero attached hydrogens (tertiary/aromatic N) is 3. The van der Waals surface area contributed by atoms with E-state index in [2.05, 4.69) is 5.10 Å². The van der Waals surface area contributed by atoms with E-state index in [1.54, 1.807) is 6.92 Å². The summed E-state index contributed by atoms with van der Waals surface area (Å²) in [6.45, 7) is 2.26. The minimum Gasteiger partial charge on any atom is -0.251 e. The molecule has 1 aromatic rings. The Kier molecular flexibility index (Phi) is 2.96. The number of rotatable bonds is 2. The van der Waals surface area contributed by atoms with Gasteiger partial charge < -0.3 is 0 Å². The maximum atomic E-state index is 8.33. The Morgan fingerprint density at radius 3 is 2.67 bits per heavy atom. The summed E-state index contributed by atoms with van der Waals surface area (Å²) in [5.41, 5.74) is 0.694. The molecule has 5 heteroatoms. The van der Waals surface area contributed by atoms with Crippen LogP contribution in [0.3, 0.4) is 0 Å². The van der Waals surface area contributed by atoms with E-state index >= 15 is 0 Å². The van der Waals surface area contributed by atoms with Gasteiger partial charge in [-0.05, 0) is 6.92 Å². The van der Waals surface area contributed by atoms with Crippen LogP contribution in [0.4, 0.5) is 0 Å². The van der Waals surface area contributed by atoms with E-state index in [9.17, 15) is 0 Å². The van der Waals surface area contributed by atoms with Crippen molar-refractivity contribution in [2.24, 2.45) is 0 Å². The number of halogens is 2. The molecule has 0 aromatic carbocycles. The molecule has 0 amide bonds. The fourth-order valence-corrected chi connectivity index (χ4v) is 1.23. The van der Waals surface area contributed by atoms with Crippen molar-refractivity contribution in [3.8, 4) is 6.07 Å². The molecule has 0 spiro atoms. The summed E-state index contributed by atoms with van der Waals surface area (Å²) in [5.74, 6) is 0. The first-order chi connectivity index (χ1) is 5.66. The monoisotopic (exact) mass is 203 g/mol. The van der Waals surface area contributed by atoms with Crippen LogP contribution in [-0.4, -0.2) is 9.78 Å². The highest BCUT2D eigenvalue weighted by Gasteiger charge is 2.09. The predicted molar refractivity (Wildman–Crippen MR) is 47.2 cm³/mol. The van der Waals surface area contributed by atoms with Crippen LogP contribution in [0.1, 0.15) is 12.1 Å². The van der Waals surface area contributed by atoms with Gasteiger partial charge in [0.05, 0.1) is 24.7 Å². The molecule has 0 N–H and O–H groups in total. The normalized spacial score (nSPS) is 9.83. The SMILES string of the molecule is Cc1nn(CCC#N)c(Cl)c1Cl. The van der Waals surface area contributed by atoms with E-state index in [0.717, 1.165) is 0 Å². The standard InChI is InChI=1S/C7H7Cl2N3/c1-5-6(8)7(9)12(11-5)4-2-3-10/h2,4H2,1H3. The minimum atomic E-state index is 0.386. The van der Waals surface area contributed by atoms with Crippen LogP contribution in [0.5, 0.6) is 0 Å². The number of aryl methyl sites for hydroxylation is 2. The molecule has 1 rings (SSSR count). The fraction of sp³-hybridized carbons (Fsp3) is 0.429. The van der Waals surface area contributed by atoms with Crippen LogP contribution in [-0.2, 0) is 6.54 Å². The van der Waals surface area contributed by atoms with Gasteiger partial charge in [0.25, 0.3) is 0 Å². The molecular weight excluding hydrogens is 197 g/mol. The molecule has 1 heterocycles. The van der Waals surface area contributed by atoms with E-state index in [1.807, 2.05) is 6.07 Å². The summed E-state index contributed by atoms with van der Waals surface area (Å²) in [7, 11) is 0. The van der Waals surface area contributed by atoms with Crippen LogP contribution in [0.2, 0.25) is 10.2 Å². The van der Waals surface area contributed by atoms with Crippen molar-refractivity contribution >= 4 is 23.2 Å². The zero-order valence-corrected chi connectivity index (χ0v) is 8.02. The molecule has 12 heavy (non-hydrogen) atoms. The third kappa shape index (κ3) is 1.71. The lowest BCUT2D eigenvalue weighted by atomic mass is 10.5. The topological polar surface area (TPSA) is 41.6 Å². The average Bonchev–Trinajstić information content (AvgIpc) is 2.30. The summed E-state index contributed by atoms with van der Waals surface area (Å²) in [5, 5.41) is 13.3. The van der Waals surface area contributed by atoms with Crippen molar-refractivity contribution in [2.75, 3.05) is 0 Å². The van der Waals surface area contributed by atoms with Crippen molar-refractivity contribution < 1.29 is 0 Å². The molecule has 64 valence electrons. The molecule has 0 saturated carbocycles. The first-order valence-electron chi connectivity index (χ1n) is 3.42. The summed E-state index contributed by atoms with van der Waals surface area (Å²) in [6.07, 6.45) is 0.386. The molecular formula is C7H7Cl2N3. The lowest BCUT2D eigenvalue weighted by Gasteiger charge is -1.96. The second-order valence-corrected chi connectivity index (χ2v) is 3.06. The highest BCUT2D eigenvalue weighted by molar-refractivity contribution is 6.41. The molecule has 0 aliphatic carbocycles. The second-order valence-electron chi connectivity index (χ2n) is 2.32. The Hall–Kier alpha value is -0.720. The van der Waals surface area contributed by atoms with Crippen LogP contribution < -0.4 is 0 Å². The Bertz CT molecular complexity index is 324. The molecule has 0 aliphatic rings. The summed E-state index contributed by atoms with van der Waals surface area (Å²) in [6, 6.07) is 2.01. The zero-order chi connectivity index (χ0) is 9.14. The van der Waals surface area contributed by atoms with Gasteiger partial charge in [-0.25, -0.2) is 0 Å². The van der Waals surface area contributed by atoms with Gasteiger partial charge in [0.15, 0.2) is 0 Å². The van der Waals surface area contributed by atoms with Crippen molar-refractivity contribution in [2.45, 2.75) is 19.9 Å². The van der Waals surface area contributed by atoms with Gasteiger partial charge in [-0.2, -0.15) is 10.4 Å². The molecule has 0 fully saturated rings. The summed E-state index contributed by atoms with van der Waals surface area (Å²) < 4.78 is 1.53.